The van der Waals surface area contributed by atoms with Crippen LogP contribution in [0.2, 0.25) is 5.02 Å². The second kappa shape index (κ2) is 6.22. The molecule has 0 saturated carbocycles. The van der Waals surface area contributed by atoms with Gasteiger partial charge in [0.15, 0.2) is 0 Å². The van der Waals surface area contributed by atoms with E-state index in [2.05, 4.69) is 5.32 Å². The molecule has 0 aliphatic rings. The zero-order valence-electron chi connectivity index (χ0n) is 9.90. The number of hydrogen-bond acceptors (Lipinski definition) is 1. The van der Waals surface area contributed by atoms with Crippen LogP contribution in [0, 0.1) is 0 Å². The van der Waals surface area contributed by atoms with Crippen molar-refractivity contribution in [3.8, 4) is 0 Å². The van der Waals surface area contributed by atoms with Crippen molar-refractivity contribution < 1.29 is 4.79 Å². The van der Waals surface area contributed by atoms with Crippen molar-refractivity contribution in [3.05, 3.63) is 70.7 Å². The monoisotopic (exact) mass is 259 g/mol. The Hall–Kier alpha value is -1.80. The van der Waals surface area contributed by atoms with E-state index in [1.54, 1.807) is 6.07 Å². The van der Waals surface area contributed by atoms with Crippen molar-refractivity contribution in [3.63, 3.8) is 0 Å². The number of rotatable bonds is 4. The van der Waals surface area contributed by atoms with E-state index in [9.17, 15) is 4.79 Å². The minimum atomic E-state index is 0.00104. The Kier molecular flexibility index (Phi) is 4.37. The third-order valence-corrected chi connectivity index (χ3v) is 2.82. The molecule has 2 rings (SSSR count). The molecule has 0 aromatic heterocycles. The minimum absolute atomic E-state index is 0.00104. The van der Waals surface area contributed by atoms with Crippen molar-refractivity contribution in [2.45, 2.75) is 13.0 Å². The maximum atomic E-state index is 11.7. The molecule has 2 nitrogen and oxygen atoms in total. The van der Waals surface area contributed by atoms with Crippen molar-refractivity contribution in [1.29, 1.82) is 0 Å². The van der Waals surface area contributed by atoms with Gasteiger partial charge < -0.3 is 5.32 Å². The molecule has 1 N–H and O–H groups in total. The van der Waals surface area contributed by atoms with E-state index >= 15 is 0 Å². The molecule has 2 aromatic rings. The topological polar surface area (TPSA) is 29.1 Å². The van der Waals surface area contributed by atoms with E-state index in [4.69, 9.17) is 11.6 Å². The molecule has 18 heavy (non-hydrogen) atoms. The summed E-state index contributed by atoms with van der Waals surface area (Å²) in [4.78, 5) is 11.7. The molecule has 0 aliphatic carbocycles. The lowest BCUT2D eigenvalue weighted by Gasteiger charge is -2.05. The van der Waals surface area contributed by atoms with Crippen LogP contribution < -0.4 is 5.32 Å². The van der Waals surface area contributed by atoms with E-state index in [1.807, 2.05) is 48.5 Å². The molecule has 0 bridgehead atoms. The fourth-order valence-electron chi connectivity index (χ4n) is 1.69. The first-order valence-electron chi connectivity index (χ1n) is 5.79. The fourth-order valence-corrected chi connectivity index (χ4v) is 1.90. The molecule has 0 aliphatic heterocycles. The third-order valence-electron chi connectivity index (χ3n) is 2.59. The minimum Gasteiger partial charge on any atom is -0.352 e. The quantitative estimate of drug-likeness (QED) is 0.898. The number of benzene rings is 2. The molecule has 3 heteroatoms. The van der Waals surface area contributed by atoms with E-state index in [0.717, 1.165) is 11.1 Å². The second-order valence-corrected chi connectivity index (χ2v) is 4.51. The van der Waals surface area contributed by atoms with Gasteiger partial charge in [0.25, 0.3) is 0 Å². The number of halogens is 1. The Labute approximate surface area is 112 Å². The van der Waals surface area contributed by atoms with Crippen LogP contribution in [-0.4, -0.2) is 5.91 Å². The van der Waals surface area contributed by atoms with E-state index in [1.165, 1.54) is 0 Å². The smallest absolute Gasteiger partial charge is 0.224 e. The zero-order chi connectivity index (χ0) is 12.8. The van der Waals surface area contributed by atoms with Crippen molar-refractivity contribution in [1.82, 2.24) is 5.32 Å². The molecule has 0 unspecified atom stereocenters. The van der Waals surface area contributed by atoms with E-state index < -0.39 is 0 Å². The molecule has 0 saturated heterocycles. The van der Waals surface area contributed by atoms with Gasteiger partial charge in [-0.05, 0) is 23.3 Å². The van der Waals surface area contributed by atoms with Crippen LogP contribution in [0.4, 0.5) is 0 Å². The summed E-state index contributed by atoms with van der Waals surface area (Å²) in [6.45, 7) is 0.556. The van der Waals surface area contributed by atoms with E-state index in [-0.39, 0.29) is 5.91 Å². The van der Waals surface area contributed by atoms with Gasteiger partial charge in [0, 0.05) is 11.6 Å². The summed E-state index contributed by atoms with van der Waals surface area (Å²) in [5.74, 6) is 0.00104. The highest BCUT2D eigenvalue weighted by Gasteiger charge is 2.03. The first-order valence-corrected chi connectivity index (χ1v) is 6.17. The summed E-state index contributed by atoms with van der Waals surface area (Å²) in [7, 11) is 0. The first-order chi connectivity index (χ1) is 8.74. The van der Waals surface area contributed by atoms with Gasteiger partial charge >= 0.3 is 0 Å². The average Bonchev–Trinajstić information content (AvgIpc) is 2.38. The predicted molar refractivity (Wildman–Crippen MR) is 73.4 cm³/mol. The summed E-state index contributed by atoms with van der Waals surface area (Å²) in [6, 6.07) is 17.2. The molecular formula is C15H14ClNO. The van der Waals surface area contributed by atoms with Crippen LogP contribution in [0.5, 0.6) is 0 Å². The molecular weight excluding hydrogens is 246 g/mol. The Morgan fingerprint density at radius 1 is 1.00 bits per heavy atom. The molecule has 0 heterocycles. The first kappa shape index (κ1) is 12.7. The lowest BCUT2D eigenvalue weighted by molar-refractivity contribution is -0.120. The average molecular weight is 260 g/mol. The number of amides is 1. The molecule has 0 radical (unpaired) electrons. The molecule has 2 aromatic carbocycles. The fraction of sp³-hybridized carbons (Fsp3) is 0.133. The molecule has 92 valence electrons. The van der Waals surface area contributed by atoms with Gasteiger partial charge in [0.1, 0.15) is 0 Å². The maximum absolute atomic E-state index is 11.7. The third kappa shape index (κ3) is 3.90. The second-order valence-electron chi connectivity index (χ2n) is 4.07. The van der Waals surface area contributed by atoms with Gasteiger partial charge in [-0.3, -0.25) is 4.79 Å². The van der Waals surface area contributed by atoms with Gasteiger partial charge in [-0.2, -0.15) is 0 Å². The van der Waals surface area contributed by atoms with Gasteiger partial charge in [0.05, 0.1) is 6.42 Å². The largest absolute Gasteiger partial charge is 0.352 e. The Morgan fingerprint density at radius 3 is 2.44 bits per heavy atom. The standard InChI is InChI=1S/C15H14ClNO/c16-14-8-4-7-13(9-14)10-15(18)17-11-12-5-2-1-3-6-12/h1-9H,10-11H2,(H,17,18). The summed E-state index contributed by atoms with van der Waals surface area (Å²) in [6.07, 6.45) is 0.355. The zero-order valence-corrected chi connectivity index (χ0v) is 10.7. The number of nitrogens with one attached hydrogen (secondary N) is 1. The Morgan fingerprint density at radius 2 is 1.72 bits per heavy atom. The van der Waals surface area contributed by atoms with Crippen LogP contribution in [0.15, 0.2) is 54.6 Å². The number of carbonyl (C=O) groups is 1. The van der Waals surface area contributed by atoms with Gasteiger partial charge in [-0.25, -0.2) is 0 Å². The van der Waals surface area contributed by atoms with Crippen LogP contribution in [0.3, 0.4) is 0 Å². The highest BCUT2D eigenvalue weighted by molar-refractivity contribution is 6.30. The lowest BCUT2D eigenvalue weighted by Crippen LogP contribution is -2.24. The molecule has 0 atom stereocenters. The Bertz CT molecular complexity index is 525. The van der Waals surface area contributed by atoms with Crippen LogP contribution in [-0.2, 0) is 17.8 Å². The van der Waals surface area contributed by atoms with Crippen LogP contribution >= 0.6 is 11.6 Å². The van der Waals surface area contributed by atoms with Gasteiger partial charge in [-0.1, -0.05) is 54.1 Å². The summed E-state index contributed by atoms with van der Waals surface area (Å²) >= 11 is 5.87. The Balaban J connectivity index is 1.86. The maximum Gasteiger partial charge on any atom is 0.224 e. The van der Waals surface area contributed by atoms with Crippen LogP contribution in [0.25, 0.3) is 0 Å². The highest BCUT2D eigenvalue weighted by atomic mass is 35.5. The summed E-state index contributed by atoms with van der Waals surface area (Å²) < 4.78 is 0. The summed E-state index contributed by atoms with van der Waals surface area (Å²) in [5, 5.41) is 3.54. The normalized spacial score (nSPS) is 10.1. The molecule has 0 spiro atoms. The lowest BCUT2D eigenvalue weighted by atomic mass is 10.1. The molecule has 0 fully saturated rings. The van der Waals surface area contributed by atoms with Gasteiger partial charge in [-0.15, -0.1) is 0 Å². The number of hydrogen-bond donors (Lipinski definition) is 1. The predicted octanol–water partition coefficient (Wildman–Crippen LogP) is 3.20. The molecule has 1 amide bonds. The van der Waals surface area contributed by atoms with Crippen molar-refractivity contribution in [2.75, 3.05) is 0 Å². The van der Waals surface area contributed by atoms with E-state index in [0.29, 0.717) is 18.0 Å². The number of carbonyl (C=O) groups excluding carboxylic acids is 1. The summed E-state index contributed by atoms with van der Waals surface area (Å²) in [5.41, 5.74) is 2.02. The SMILES string of the molecule is O=C(Cc1cccc(Cl)c1)NCc1ccccc1. The van der Waals surface area contributed by atoms with Gasteiger partial charge in [0.2, 0.25) is 5.91 Å². The van der Waals surface area contributed by atoms with Crippen molar-refractivity contribution in [2.24, 2.45) is 0 Å². The van der Waals surface area contributed by atoms with Crippen molar-refractivity contribution >= 4 is 17.5 Å². The van der Waals surface area contributed by atoms with Crippen LogP contribution in [0.1, 0.15) is 11.1 Å². The highest BCUT2D eigenvalue weighted by Crippen LogP contribution is 2.11.